The van der Waals surface area contributed by atoms with Crippen molar-refractivity contribution in [1.29, 1.82) is 0 Å². The Balaban J connectivity index is 1.93. The highest BCUT2D eigenvalue weighted by molar-refractivity contribution is 5.46. The number of hydrogen-bond donors (Lipinski definition) is 0. The monoisotopic (exact) mass is 299 g/mol. The number of aryl methyl sites for hydroxylation is 1. The van der Waals surface area contributed by atoms with E-state index in [1.807, 2.05) is 19.1 Å². The second kappa shape index (κ2) is 6.21. The van der Waals surface area contributed by atoms with Gasteiger partial charge in [-0.3, -0.25) is 14.1 Å². The smallest absolute Gasteiger partial charge is 0.258 e. The van der Waals surface area contributed by atoms with Crippen LogP contribution in [0.4, 0.5) is 0 Å². The van der Waals surface area contributed by atoms with Crippen LogP contribution in [-0.2, 0) is 6.54 Å². The van der Waals surface area contributed by atoms with Gasteiger partial charge < -0.3 is 0 Å². The Hall–Kier alpha value is -1.68. The normalized spacial score (nSPS) is 19.9. The molecule has 0 N–H and O–H groups in total. The number of pyridine rings is 1. The molecule has 0 amide bonds. The predicted molar refractivity (Wildman–Crippen MR) is 89.1 cm³/mol. The minimum atomic E-state index is 0.0156. The molecule has 0 unspecified atom stereocenters. The summed E-state index contributed by atoms with van der Waals surface area (Å²) in [5.41, 5.74) is 2.73. The van der Waals surface area contributed by atoms with Crippen LogP contribution in [0.25, 0.3) is 5.65 Å². The van der Waals surface area contributed by atoms with E-state index in [4.69, 9.17) is 4.98 Å². The lowest BCUT2D eigenvalue weighted by molar-refractivity contribution is 0.103. The molecular formula is C18H25N3O. The highest BCUT2D eigenvalue weighted by atomic mass is 16.1. The minimum absolute atomic E-state index is 0.0156. The Kier molecular flexibility index (Phi) is 4.30. The zero-order chi connectivity index (χ0) is 15.7. The number of piperidine rings is 1. The van der Waals surface area contributed by atoms with Gasteiger partial charge in [0, 0.05) is 24.8 Å². The molecule has 1 atom stereocenters. The summed E-state index contributed by atoms with van der Waals surface area (Å²) in [6.45, 7) is 8.47. The number of nitrogens with zero attached hydrogens (tertiary/aromatic N) is 3. The Morgan fingerprint density at radius 2 is 2.18 bits per heavy atom. The Bertz CT molecular complexity index is 720. The molecule has 2 aromatic rings. The van der Waals surface area contributed by atoms with Gasteiger partial charge in [-0.05, 0) is 43.9 Å². The molecule has 4 nitrogen and oxygen atoms in total. The van der Waals surface area contributed by atoms with Crippen molar-refractivity contribution in [3.8, 4) is 0 Å². The van der Waals surface area contributed by atoms with Crippen LogP contribution in [-0.4, -0.2) is 26.9 Å². The third-order valence-corrected chi connectivity index (χ3v) is 4.74. The van der Waals surface area contributed by atoms with Gasteiger partial charge >= 0.3 is 0 Å². The van der Waals surface area contributed by atoms with Crippen molar-refractivity contribution in [3.63, 3.8) is 0 Å². The summed E-state index contributed by atoms with van der Waals surface area (Å²) < 4.78 is 1.63. The molecule has 0 saturated carbocycles. The van der Waals surface area contributed by atoms with Gasteiger partial charge in [0.25, 0.3) is 5.56 Å². The molecule has 0 aliphatic carbocycles. The van der Waals surface area contributed by atoms with Crippen LogP contribution in [0.1, 0.15) is 44.4 Å². The molecule has 1 fully saturated rings. The lowest BCUT2D eigenvalue weighted by atomic mass is 9.92. The fourth-order valence-corrected chi connectivity index (χ4v) is 3.57. The first kappa shape index (κ1) is 15.2. The first-order valence-corrected chi connectivity index (χ1v) is 8.28. The van der Waals surface area contributed by atoms with Crippen LogP contribution in [0.2, 0.25) is 0 Å². The van der Waals surface area contributed by atoms with Crippen LogP contribution < -0.4 is 5.56 Å². The topological polar surface area (TPSA) is 37.6 Å². The van der Waals surface area contributed by atoms with Crippen LogP contribution in [0.15, 0.2) is 29.2 Å². The van der Waals surface area contributed by atoms with Crippen molar-refractivity contribution in [2.45, 2.75) is 52.6 Å². The van der Waals surface area contributed by atoms with Gasteiger partial charge in [0.1, 0.15) is 5.65 Å². The third kappa shape index (κ3) is 2.93. The standard InChI is InChI=1S/C18H25N3O/c1-13(2)16-8-4-5-9-20(16)12-15-11-17(22)21-10-6-7-14(3)18(21)19-15/h6-7,10-11,13,16H,4-5,8-9,12H2,1-3H3/t16-/m1/s1. The van der Waals surface area contributed by atoms with E-state index in [-0.39, 0.29) is 5.56 Å². The summed E-state index contributed by atoms with van der Waals surface area (Å²) in [5.74, 6) is 0.642. The van der Waals surface area contributed by atoms with Gasteiger partial charge in [0.05, 0.1) is 5.69 Å². The van der Waals surface area contributed by atoms with E-state index in [0.29, 0.717) is 12.0 Å². The van der Waals surface area contributed by atoms with Crippen LogP contribution in [0.5, 0.6) is 0 Å². The van der Waals surface area contributed by atoms with Crippen molar-refractivity contribution in [3.05, 3.63) is 46.0 Å². The molecule has 1 aliphatic heterocycles. The first-order chi connectivity index (χ1) is 10.6. The van der Waals surface area contributed by atoms with Gasteiger partial charge in [-0.2, -0.15) is 0 Å². The first-order valence-electron chi connectivity index (χ1n) is 8.28. The van der Waals surface area contributed by atoms with E-state index in [2.05, 4.69) is 18.7 Å². The molecule has 3 heterocycles. The second-order valence-electron chi connectivity index (χ2n) is 6.75. The molecule has 0 bridgehead atoms. The van der Waals surface area contributed by atoms with Crippen LogP contribution in [0, 0.1) is 12.8 Å². The fraction of sp³-hybridized carbons (Fsp3) is 0.556. The summed E-state index contributed by atoms with van der Waals surface area (Å²) in [5, 5.41) is 0. The molecule has 4 heteroatoms. The molecule has 1 saturated heterocycles. The quantitative estimate of drug-likeness (QED) is 0.874. The highest BCUT2D eigenvalue weighted by Crippen LogP contribution is 2.24. The molecule has 0 spiro atoms. The number of fused-ring (bicyclic) bond motifs is 1. The summed E-state index contributed by atoms with van der Waals surface area (Å²) in [7, 11) is 0. The molecule has 0 radical (unpaired) electrons. The fourth-order valence-electron chi connectivity index (χ4n) is 3.57. The molecule has 0 aromatic carbocycles. The van der Waals surface area contributed by atoms with E-state index < -0.39 is 0 Å². The average Bonchev–Trinajstić information content (AvgIpc) is 2.49. The predicted octanol–water partition coefficient (Wildman–Crippen LogP) is 3.01. The molecule has 118 valence electrons. The second-order valence-corrected chi connectivity index (χ2v) is 6.75. The van der Waals surface area contributed by atoms with Crippen molar-refractivity contribution >= 4 is 5.65 Å². The zero-order valence-corrected chi connectivity index (χ0v) is 13.7. The number of likely N-dealkylation sites (tertiary alicyclic amines) is 1. The summed E-state index contributed by atoms with van der Waals surface area (Å²) in [6.07, 6.45) is 5.60. The SMILES string of the molecule is Cc1cccn2c(=O)cc(CN3CCCC[C@@H]3C(C)C)nc12. The number of hydrogen-bond acceptors (Lipinski definition) is 3. The van der Waals surface area contributed by atoms with E-state index in [9.17, 15) is 4.79 Å². The Labute approximate surface area is 131 Å². The van der Waals surface area contributed by atoms with Gasteiger partial charge in [-0.25, -0.2) is 4.98 Å². The molecule has 22 heavy (non-hydrogen) atoms. The highest BCUT2D eigenvalue weighted by Gasteiger charge is 2.25. The lowest BCUT2D eigenvalue weighted by Crippen LogP contribution is -2.42. The molecular weight excluding hydrogens is 274 g/mol. The minimum Gasteiger partial charge on any atom is -0.294 e. The van der Waals surface area contributed by atoms with Crippen molar-refractivity contribution in [1.82, 2.24) is 14.3 Å². The van der Waals surface area contributed by atoms with Gasteiger partial charge in [-0.1, -0.05) is 26.3 Å². The summed E-state index contributed by atoms with van der Waals surface area (Å²) in [4.78, 5) is 19.6. The summed E-state index contributed by atoms with van der Waals surface area (Å²) >= 11 is 0. The summed E-state index contributed by atoms with van der Waals surface area (Å²) in [6, 6.07) is 6.19. The van der Waals surface area contributed by atoms with Gasteiger partial charge in [-0.15, -0.1) is 0 Å². The van der Waals surface area contributed by atoms with Gasteiger partial charge in [0.2, 0.25) is 0 Å². The van der Waals surface area contributed by atoms with E-state index in [1.54, 1.807) is 16.7 Å². The van der Waals surface area contributed by atoms with E-state index >= 15 is 0 Å². The maximum atomic E-state index is 12.3. The number of aromatic nitrogens is 2. The largest absolute Gasteiger partial charge is 0.294 e. The maximum Gasteiger partial charge on any atom is 0.258 e. The van der Waals surface area contributed by atoms with Crippen molar-refractivity contribution < 1.29 is 0 Å². The van der Waals surface area contributed by atoms with Crippen LogP contribution in [0.3, 0.4) is 0 Å². The van der Waals surface area contributed by atoms with E-state index in [0.717, 1.165) is 30.0 Å². The third-order valence-electron chi connectivity index (χ3n) is 4.74. The zero-order valence-electron chi connectivity index (χ0n) is 13.7. The van der Waals surface area contributed by atoms with Gasteiger partial charge in [0.15, 0.2) is 0 Å². The molecule has 2 aromatic heterocycles. The Morgan fingerprint density at radius 1 is 1.36 bits per heavy atom. The van der Waals surface area contributed by atoms with Crippen molar-refractivity contribution in [2.75, 3.05) is 6.54 Å². The Morgan fingerprint density at radius 3 is 2.95 bits per heavy atom. The van der Waals surface area contributed by atoms with Crippen LogP contribution >= 0.6 is 0 Å². The lowest BCUT2D eigenvalue weighted by Gasteiger charge is -2.38. The number of rotatable bonds is 3. The maximum absolute atomic E-state index is 12.3. The van der Waals surface area contributed by atoms with E-state index in [1.165, 1.54) is 19.3 Å². The molecule has 3 rings (SSSR count). The molecule has 1 aliphatic rings. The average molecular weight is 299 g/mol. The van der Waals surface area contributed by atoms with Crippen molar-refractivity contribution in [2.24, 2.45) is 5.92 Å².